The first-order valence-electron chi connectivity index (χ1n) is 6.48. The molecule has 1 atom stereocenters. The molecule has 0 radical (unpaired) electrons. The third-order valence-electron chi connectivity index (χ3n) is 3.53. The third kappa shape index (κ3) is 2.82. The normalized spacial score (nSPS) is 17.3. The molecule has 1 aliphatic rings. The number of rotatable bonds is 3. The van der Waals surface area contributed by atoms with Crippen LogP contribution in [-0.2, 0) is 13.0 Å². The van der Waals surface area contributed by atoms with Crippen molar-refractivity contribution in [2.45, 2.75) is 25.5 Å². The fraction of sp³-hybridized carbons (Fsp3) is 0.250. The molecule has 0 aromatic heterocycles. The van der Waals surface area contributed by atoms with E-state index in [1.165, 1.54) is 11.1 Å². The van der Waals surface area contributed by atoms with Crippen molar-refractivity contribution in [1.82, 2.24) is 0 Å². The number of hydrogen-bond donors (Lipinski definition) is 1. The molecule has 0 heterocycles. The van der Waals surface area contributed by atoms with E-state index in [1.54, 1.807) is 0 Å². The quantitative estimate of drug-likeness (QED) is 0.929. The van der Waals surface area contributed by atoms with Gasteiger partial charge in [-0.25, -0.2) is 0 Å². The summed E-state index contributed by atoms with van der Waals surface area (Å²) in [6, 6.07) is 14.6. The monoisotopic (exact) mass is 317 g/mol. The molecule has 19 heavy (non-hydrogen) atoms. The van der Waals surface area contributed by atoms with Gasteiger partial charge >= 0.3 is 0 Å². The second-order valence-electron chi connectivity index (χ2n) is 4.92. The Bertz CT molecular complexity index is 597. The Balaban J connectivity index is 1.71. The minimum absolute atomic E-state index is 0.203. The molecule has 3 heteroatoms. The van der Waals surface area contributed by atoms with Crippen molar-refractivity contribution in [3.8, 4) is 5.75 Å². The van der Waals surface area contributed by atoms with E-state index in [4.69, 9.17) is 10.5 Å². The molecular weight excluding hydrogens is 302 g/mol. The van der Waals surface area contributed by atoms with E-state index in [9.17, 15) is 0 Å². The summed E-state index contributed by atoms with van der Waals surface area (Å²) >= 11 is 3.47. The van der Waals surface area contributed by atoms with Gasteiger partial charge in [0.1, 0.15) is 12.4 Å². The summed E-state index contributed by atoms with van der Waals surface area (Å²) in [5.74, 6) is 0.924. The Labute approximate surface area is 121 Å². The van der Waals surface area contributed by atoms with Crippen LogP contribution in [0.3, 0.4) is 0 Å². The first kappa shape index (κ1) is 12.7. The number of nitrogens with two attached hydrogens (primary N) is 1. The molecule has 0 saturated heterocycles. The van der Waals surface area contributed by atoms with E-state index >= 15 is 0 Å². The van der Waals surface area contributed by atoms with Gasteiger partial charge in [-0.2, -0.15) is 0 Å². The second-order valence-corrected chi connectivity index (χ2v) is 5.84. The van der Waals surface area contributed by atoms with E-state index < -0.39 is 0 Å². The van der Waals surface area contributed by atoms with Crippen molar-refractivity contribution in [1.29, 1.82) is 0 Å². The van der Waals surface area contributed by atoms with Gasteiger partial charge in [0.25, 0.3) is 0 Å². The summed E-state index contributed by atoms with van der Waals surface area (Å²) in [6.45, 7) is 0.588. The van der Waals surface area contributed by atoms with E-state index in [-0.39, 0.29) is 6.04 Å². The van der Waals surface area contributed by atoms with Gasteiger partial charge < -0.3 is 10.5 Å². The molecule has 2 aromatic carbocycles. The van der Waals surface area contributed by atoms with Gasteiger partial charge in [0.2, 0.25) is 0 Å². The van der Waals surface area contributed by atoms with Crippen LogP contribution >= 0.6 is 15.9 Å². The Morgan fingerprint density at radius 3 is 2.95 bits per heavy atom. The van der Waals surface area contributed by atoms with Crippen LogP contribution in [0.15, 0.2) is 46.9 Å². The number of ether oxygens (including phenoxy) is 1. The van der Waals surface area contributed by atoms with Gasteiger partial charge in [0, 0.05) is 10.5 Å². The summed E-state index contributed by atoms with van der Waals surface area (Å²) in [6.07, 6.45) is 2.11. The molecule has 0 saturated carbocycles. The fourth-order valence-corrected chi connectivity index (χ4v) is 2.96. The average Bonchev–Trinajstić information content (AvgIpc) is 2.78. The van der Waals surface area contributed by atoms with Gasteiger partial charge in [-0.05, 0) is 53.8 Å². The molecule has 1 aliphatic carbocycles. The van der Waals surface area contributed by atoms with Crippen LogP contribution in [0.25, 0.3) is 0 Å². The molecule has 0 amide bonds. The average molecular weight is 318 g/mol. The molecule has 2 N–H and O–H groups in total. The predicted octanol–water partition coefficient (Wildman–Crippen LogP) is 3.97. The topological polar surface area (TPSA) is 35.2 Å². The maximum atomic E-state index is 6.03. The number of fused-ring (bicyclic) bond motifs is 1. The lowest BCUT2D eigenvalue weighted by Gasteiger charge is -2.09. The fourth-order valence-electron chi connectivity index (χ4n) is 2.51. The zero-order valence-electron chi connectivity index (χ0n) is 10.6. The molecule has 0 fully saturated rings. The molecule has 0 aliphatic heterocycles. The third-order valence-corrected chi connectivity index (χ3v) is 4.03. The standard InChI is InChI=1S/C16H16BrNO/c17-13-3-1-2-11(8-13)10-19-14-5-6-15-12(9-14)4-7-16(15)18/h1-3,5-6,8-9,16H,4,7,10,18H2/t16-/m1/s1. The summed E-state index contributed by atoms with van der Waals surface area (Å²) in [7, 11) is 0. The number of aryl methyl sites for hydroxylation is 1. The van der Waals surface area contributed by atoms with Crippen LogP contribution in [0.1, 0.15) is 29.2 Å². The maximum Gasteiger partial charge on any atom is 0.120 e. The highest BCUT2D eigenvalue weighted by atomic mass is 79.9. The minimum atomic E-state index is 0.203. The largest absolute Gasteiger partial charge is 0.489 e. The molecule has 98 valence electrons. The van der Waals surface area contributed by atoms with Crippen molar-refractivity contribution in [3.05, 3.63) is 63.6 Å². The van der Waals surface area contributed by atoms with Crippen LogP contribution in [-0.4, -0.2) is 0 Å². The molecule has 3 rings (SSSR count). The first-order chi connectivity index (χ1) is 9.22. The van der Waals surface area contributed by atoms with Crippen LogP contribution in [0, 0.1) is 0 Å². The lowest BCUT2D eigenvalue weighted by molar-refractivity contribution is 0.306. The Morgan fingerprint density at radius 2 is 2.11 bits per heavy atom. The number of benzene rings is 2. The van der Waals surface area contributed by atoms with Crippen LogP contribution in [0.4, 0.5) is 0 Å². The van der Waals surface area contributed by atoms with Crippen LogP contribution < -0.4 is 10.5 Å². The van der Waals surface area contributed by atoms with Crippen molar-refractivity contribution in [2.75, 3.05) is 0 Å². The van der Waals surface area contributed by atoms with E-state index in [2.05, 4.69) is 40.2 Å². The highest BCUT2D eigenvalue weighted by molar-refractivity contribution is 9.10. The summed E-state index contributed by atoms with van der Waals surface area (Å²) in [5.41, 5.74) is 9.80. The van der Waals surface area contributed by atoms with Gasteiger partial charge in [0.05, 0.1) is 0 Å². The van der Waals surface area contributed by atoms with Crippen molar-refractivity contribution in [2.24, 2.45) is 5.73 Å². The SMILES string of the molecule is N[C@@H]1CCc2cc(OCc3cccc(Br)c3)ccc21. The van der Waals surface area contributed by atoms with Gasteiger partial charge in [0.15, 0.2) is 0 Å². The molecule has 0 unspecified atom stereocenters. The van der Waals surface area contributed by atoms with E-state index in [0.717, 1.165) is 28.6 Å². The highest BCUT2D eigenvalue weighted by Gasteiger charge is 2.18. The van der Waals surface area contributed by atoms with E-state index in [0.29, 0.717) is 6.61 Å². The second kappa shape index (κ2) is 5.35. The van der Waals surface area contributed by atoms with Crippen molar-refractivity contribution >= 4 is 15.9 Å². The van der Waals surface area contributed by atoms with Crippen LogP contribution in [0.2, 0.25) is 0 Å². The smallest absolute Gasteiger partial charge is 0.120 e. The Kier molecular flexibility index (Phi) is 3.58. The summed E-state index contributed by atoms with van der Waals surface area (Å²) in [4.78, 5) is 0. The maximum absolute atomic E-state index is 6.03. The minimum Gasteiger partial charge on any atom is -0.489 e. The molecule has 2 nitrogen and oxygen atoms in total. The highest BCUT2D eigenvalue weighted by Crippen LogP contribution is 2.32. The number of halogens is 1. The van der Waals surface area contributed by atoms with Crippen LogP contribution in [0.5, 0.6) is 5.75 Å². The summed E-state index contributed by atoms with van der Waals surface area (Å²) < 4.78 is 6.92. The van der Waals surface area contributed by atoms with E-state index in [1.807, 2.05) is 18.2 Å². The lowest BCUT2D eigenvalue weighted by atomic mass is 10.1. The van der Waals surface area contributed by atoms with Gasteiger partial charge in [-0.1, -0.05) is 34.1 Å². The lowest BCUT2D eigenvalue weighted by Crippen LogP contribution is -2.05. The number of hydrogen-bond acceptors (Lipinski definition) is 2. The predicted molar refractivity (Wildman–Crippen MR) is 80.2 cm³/mol. The first-order valence-corrected chi connectivity index (χ1v) is 7.27. The Morgan fingerprint density at radius 1 is 1.21 bits per heavy atom. The zero-order valence-corrected chi connectivity index (χ0v) is 12.2. The summed E-state index contributed by atoms with van der Waals surface area (Å²) in [5, 5.41) is 0. The molecular formula is C16H16BrNO. The molecule has 0 bridgehead atoms. The van der Waals surface area contributed by atoms with Gasteiger partial charge in [-0.15, -0.1) is 0 Å². The zero-order chi connectivity index (χ0) is 13.2. The van der Waals surface area contributed by atoms with Crippen molar-refractivity contribution < 1.29 is 4.74 Å². The van der Waals surface area contributed by atoms with Crippen molar-refractivity contribution in [3.63, 3.8) is 0 Å². The molecule has 2 aromatic rings. The Hall–Kier alpha value is -1.32. The van der Waals surface area contributed by atoms with Gasteiger partial charge in [-0.3, -0.25) is 0 Å². The molecule has 0 spiro atoms.